The molecule has 1 fully saturated rings. The predicted molar refractivity (Wildman–Crippen MR) is 119 cm³/mol. The van der Waals surface area contributed by atoms with Crippen molar-refractivity contribution in [3.8, 4) is 0 Å². The van der Waals surface area contributed by atoms with Crippen molar-refractivity contribution < 1.29 is 18.3 Å². The van der Waals surface area contributed by atoms with Crippen LogP contribution >= 0.6 is 0 Å². The average molecular weight is 432 g/mol. The van der Waals surface area contributed by atoms with Crippen LogP contribution in [0.25, 0.3) is 0 Å². The number of carbonyl (C=O) groups is 1. The zero-order chi connectivity index (χ0) is 21.9. The fraction of sp³-hybridized carbons (Fsp3) is 0.409. The van der Waals surface area contributed by atoms with Gasteiger partial charge >= 0.3 is 5.97 Å². The zero-order valence-corrected chi connectivity index (χ0v) is 18.4. The summed E-state index contributed by atoms with van der Waals surface area (Å²) in [7, 11) is -1.83. The van der Waals surface area contributed by atoms with Gasteiger partial charge in [-0.25, -0.2) is 13.2 Å². The number of aromatic carboxylic acids is 1. The normalized spacial score (nSPS) is 15.8. The fourth-order valence-electron chi connectivity index (χ4n) is 3.54. The second-order valence-electron chi connectivity index (χ2n) is 8.01. The molecular weight excluding hydrogens is 402 g/mol. The van der Waals surface area contributed by atoms with E-state index in [1.54, 1.807) is 36.4 Å². The van der Waals surface area contributed by atoms with Crippen LogP contribution in [0.3, 0.4) is 0 Å². The number of benzene rings is 2. The van der Waals surface area contributed by atoms with Crippen molar-refractivity contribution in [2.45, 2.75) is 31.1 Å². The lowest BCUT2D eigenvalue weighted by Gasteiger charge is -2.24. The standard InChI is InChI=1S/C22H29N3O4S/c1-16(2)17-5-8-19(9-6-17)30(28,29)23-21-10-7-18(15-20(21)22(26)27)25-12-4-11-24(3)13-14-25/h5-10,15-16,23H,4,11-14H2,1-3H3,(H,26,27). The summed E-state index contributed by atoms with van der Waals surface area (Å²) >= 11 is 0. The van der Waals surface area contributed by atoms with E-state index in [9.17, 15) is 18.3 Å². The van der Waals surface area contributed by atoms with Gasteiger partial charge in [-0.15, -0.1) is 0 Å². The van der Waals surface area contributed by atoms with Crippen molar-refractivity contribution in [2.24, 2.45) is 0 Å². The first kappa shape index (κ1) is 22.1. The van der Waals surface area contributed by atoms with Gasteiger partial charge in [0.15, 0.2) is 0 Å². The van der Waals surface area contributed by atoms with Gasteiger partial charge in [0.2, 0.25) is 0 Å². The Balaban J connectivity index is 1.87. The Morgan fingerprint density at radius 2 is 1.73 bits per heavy atom. The molecule has 0 bridgehead atoms. The van der Waals surface area contributed by atoms with E-state index >= 15 is 0 Å². The Kier molecular flexibility index (Phi) is 6.67. The van der Waals surface area contributed by atoms with Crippen LogP contribution in [0.2, 0.25) is 0 Å². The van der Waals surface area contributed by atoms with Gasteiger partial charge < -0.3 is 14.9 Å². The molecule has 0 aromatic heterocycles. The largest absolute Gasteiger partial charge is 0.478 e. The van der Waals surface area contributed by atoms with Gasteiger partial charge in [0.1, 0.15) is 0 Å². The molecule has 0 unspecified atom stereocenters. The summed E-state index contributed by atoms with van der Waals surface area (Å²) in [5.74, 6) is -0.878. The van der Waals surface area contributed by atoms with E-state index in [0.717, 1.165) is 43.9 Å². The molecule has 162 valence electrons. The van der Waals surface area contributed by atoms with Crippen LogP contribution in [-0.4, -0.2) is 57.6 Å². The van der Waals surface area contributed by atoms with Crippen molar-refractivity contribution >= 4 is 27.4 Å². The Morgan fingerprint density at radius 1 is 1.03 bits per heavy atom. The van der Waals surface area contributed by atoms with Crippen LogP contribution in [0.5, 0.6) is 0 Å². The molecule has 0 spiro atoms. The summed E-state index contributed by atoms with van der Waals surface area (Å²) in [6.07, 6.45) is 0.986. The molecule has 2 aromatic carbocycles. The molecule has 1 heterocycles. The highest BCUT2D eigenvalue weighted by atomic mass is 32.2. The molecule has 1 aliphatic heterocycles. The Morgan fingerprint density at radius 3 is 2.37 bits per heavy atom. The molecular formula is C22H29N3O4S. The number of carboxylic acids is 1. The quantitative estimate of drug-likeness (QED) is 0.728. The van der Waals surface area contributed by atoms with Crippen LogP contribution in [0.15, 0.2) is 47.4 Å². The Labute approximate surface area is 178 Å². The van der Waals surface area contributed by atoms with Gasteiger partial charge in [-0.1, -0.05) is 26.0 Å². The van der Waals surface area contributed by atoms with Crippen LogP contribution in [-0.2, 0) is 10.0 Å². The summed E-state index contributed by atoms with van der Waals surface area (Å²) in [4.78, 5) is 16.3. The molecule has 3 rings (SSSR count). The highest BCUT2D eigenvalue weighted by Gasteiger charge is 2.21. The molecule has 30 heavy (non-hydrogen) atoms. The molecule has 1 saturated heterocycles. The number of rotatable bonds is 6. The van der Waals surface area contributed by atoms with Crippen molar-refractivity contribution in [1.82, 2.24) is 4.90 Å². The first-order chi connectivity index (χ1) is 14.2. The molecule has 7 nitrogen and oxygen atoms in total. The van der Waals surface area contributed by atoms with E-state index in [-0.39, 0.29) is 16.1 Å². The van der Waals surface area contributed by atoms with E-state index in [1.165, 1.54) is 6.07 Å². The number of likely N-dealkylation sites (N-methyl/N-ethyl adjacent to an activating group) is 1. The maximum Gasteiger partial charge on any atom is 0.337 e. The van der Waals surface area contributed by atoms with Crippen LogP contribution < -0.4 is 9.62 Å². The molecule has 0 amide bonds. The van der Waals surface area contributed by atoms with Gasteiger partial charge in [-0.3, -0.25) is 4.72 Å². The van der Waals surface area contributed by atoms with Gasteiger partial charge in [-0.05, 0) is 61.8 Å². The van der Waals surface area contributed by atoms with Crippen LogP contribution in [0, 0.1) is 0 Å². The third-order valence-corrected chi connectivity index (χ3v) is 6.80. The molecule has 0 saturated carbocycles. The highest BCUT2D eigenvalue weighted by molar-refractivity contribution is 7.92. The maximum absolute atomic E-state index is 12.8. The lowest BCUT2D eigenvalue weighted by molar-refractivity contribution is 0.0698. The number of sulfonamides is 1. The molecule has 1 aliphatic rings. The second-order valence-corrected chi connectivity index (χ2v) is 9.69. The third kappa shape index (κ3) is 5.12. The maximum atomic E-state index is 12.8. The lowest BCUT2D eigenvalue weighted by Crippen LogP contribution is -2.29. The molecule has 2 N–H and O–H groups in total. The highest BCUT2D eigenvalue weighted by Crippen LogP contribution is 2.27. The summed E-state index contributed by atoms with van der Waals surface area (Å²) in [5, 5.41) is 9.69. The molecule has 0 aliphatic carbocycles. The Bertz CT molecular complexity index is 1000. The van der Waals surface area contributed by atoms with Crippen molar-refractivity contribution in [2.75, 3.05) is 42.8 Å². The van der Waals surface area contributed by atoms with Crippen molar-refractivity contribution in [1.29, 1.82) is 0 Å². The third-order valence-electron chi connectivity index (χ3n) is 5.42. The molecule has 0 radical (unpaired) electrons. The van der Waals surface area contributed by atoms with Gasteiger partial charge in [0, 0.05) is 25.3 Å². The topological polar surface area (TPSA) is 90.0 Å². The van der Waals surface area contributed by atoms with Crippen molar-refractivity contribution in [3.05, 3.63) is 53.6 Å². The summed E-state index contributed by atoms with van der Waals surface area (Å²) < 4.78 is 28.1. The van der Waals surface area contributed by atoms with Gasteiger partial charge in [0.05, 0.1) is 16.1 Å². The van der Waals surface area contributed by atoms with E-state index < -0.39 is 16.0 Å². The minimum absolute atomic E-state index is 0.0612. The molecule has 8 heteroatoms. The van der Waals surface area contributed by atoms with Crippen molar-refractivity contribution in [3.63, 3.8) is 0 Å². The fourth-order valence-corrected chi connectivity index (χ4v) is 4.61. The average Bonchev–Trinajstić information content (AvgIpc) is 2.92. The number of nitrogens with one attached hydrogen (secondary N) is 1. The molecule has 0 atom stereocenters. The smallest absolute Gasteiger partial charge is 0.337 e. The zero-order valence-electron chi connectivity index (χ0n) is 17.6. The summed E-state index contributed by atoms with van der Waals surface area (Å²) in [6.45, 7) is 7.58. The summed E-state index contributed by atoms with van der Waals surface area (Å²) in [6, 6.07) is 11.5. The summed E-state index contributed by atoms with van der Waals surface area (Å²) in [5.41, 5.74) is 1.82. The number of carboxylic acid groups (broad SMARTS) is 1. The second kappa shape index (κ2) is 9.06. The van der Waals surface area contributed by atoms with E-state index in [2.05, 4.69) is 21.6 Å². The lowest BCUT2D eigenvalue weighted by atomic mass is 10.0. The first-order valence-electron chi connectivity index (χ1n) is 10.1. The molecule has 2 aromatic rings. The van der Waals surface area contributed by atoms with E-state index in [0.29, 0.717) is 5.92 Å². The number of hydrogen-bond acceptors (Lipinski definition) is 5. The number of hydrogen-bond donors (Lipinski definition) is 2. The van der Waals surface area contributed by atoms with Crippen LogP contribution in [0.1, 0.15) is 42.1 Å². The number of anilines is 2. The minimum Gasteiger partial charge on any atom is -0.478 e. The predicted octanol–water partition coefficient (Wildman–Crippen LogP) is 3.45. The van der Waals surface area contributed by atoms with E-state index in [1.807, 2.05) is 13.8 Å². The number of nitrogens with zero attached hydrogens (tertiary/aromatic N) is 2. The monoisotopic (exact) mass is 431 g/mol. The Hall–Kier alpha value is -2.58. The van der Waals surface area contributed by atoms with Gasteiger partial charge in [0.25, 0.3) is 10.0 Å². The van der Waals surface area contributed by atoms with Gasteiger partial charge in [-0.2, -0.15) is 0 Å². The van der Waals surface area contributed by atoms with Crippen LogP contribution in [0.4, 0.5) is 11.4 Å². The first-order valence-corrected chi connectivity index (χ1v) is 11.6. The minimum atomic E-state index is -3.90. The SMILES string of the molecule is CC(C)c1ccc(S(=O)(=O)Nc2ccc(N3CCCN(C)CC3)cc2C(=O)O)cc1. The van der Waals surface area contributed by atoms with E-state index in [4.69, 9.17) is 0 Å².